The summed E-state index contributed by atoms with van der Waals surface area (Å²) in [4.78, 5) is 19.6. The number of amides is 2. The maximum atomic E-state index is 13.1. The fourth-order valence-electron chi connectivity index (χ4n) is 5.92. The van der Waals surface area contributed by atoms with E-state index in [4.69, 9.17) is 0 Å². The summed E-state index contributed by atoms with van der Waals surface area (Å²) in [5.41, 5.74) is 4.06. The van der Waals surface area contributed by atoms with Crippen LogP contribution in [0.15, 0.2) is 59.5 Å². The van der Waals surface area contributed by atoms with Crippen molar-refractivity contribution in [1.29, 1.82) is 0 Å². The van der Waals surface area contributed by atoms with E-state index in [1.54, 1.807) is 0 Å². The average Bonchev–Trinajstić information content (AvgIpc) is 2.91. The number of hydrogen-bond acceptors (Lipinski definition) is 3. The Morgan fingerprint density at radius 1 is 0.842 bits per heavy atom. The van der Waals surface area contributed by atoms with E-state index in [0.717, 1.165) is 41.3 Å². The number of anilines is 3. The Labute approximate surface area is 230 Å². The number of carbonyl (C=O) groups is 1. The second kappa shape index (κ2) is 11.6. The summed E-state index contributed by atoms with van der Waals surface area (Å²) >= 11 is 0. The zero-order valence-electron chi connectivity index (χ0n) is 23.6. The van der Waals surface area contributed by atoms with Crippen LogP contribution >= 0.6 is 10.0 Å². The normalized spacial score (nSPS) is 17.9. The van der Waals surface area contributed by atoms with Crippen LogP contribution in [0.2, 0.25) is 0 Å². The van der Waals surface area contributed by atoms with Gasteiger partial charge < -0.3 is 20.4 Å². The highest BCUT2D eigenvalue weighted by atomic mass is 32.3. The Bertz CT molecular complexity index is 1270. The fraction of sp³-hybridized carbons (Fsp3) is 0.469. The maximum absolute atomic E-state index is 13.1. The number of urea groups is 1. The lowest BCUT2D eigenvalue weighted by atomic mass is 9.94. The van der Waals surface area contributed by atoms with Gasteiger partial charge in [0, 0.05) is 41.8 Å². The van der Waals surface area contributed by atoms with Crippen LogP contribution in [-0.2, 0) is 0 Å². The Balaban J connectivity index is 1.28. The van der Waals surface area contributed by atoms with Crippen LogP contribution in [0.1, 0.15) is 37.7 Å². The molecule has 5 nitrogen and oxygen atoms in total. The summed E-state index contributed by atoms with van der Waals surface area (Å²) in [6.07, 6.45) is 13.5. The minimum Gasteiger partial charge on any atom is -0.371 e. The first-order chi connectivity index (χ1) is 18.3. The number of likely N-dealkylation sites (tertiary alicyclic amines) is 1. The fourth-order valence-corrected chi connectivity index (χ4v) is 6.87. The molecule has 2 saturated heterocycles. The number of nitrogens with zero attached hydrogens (tertiary/aromatic N) is 2. The van der Waals surface area contributed by atoms with Gasteiger partial charge in [-0.2, -0.15) is 0 Å². The topological polar surface area (TPSA) is 47.6 Å². The third-order valence-electron chi connectivity index (χ3n) is 8.23. The van der Waals surface area contributed by atoms with Gasteiger partial charge in [0.2, 0.25) is 0 Å². The van der Waals surface area contributed by atoms with E-state index in [9.17, 15) is 4.79 Å². The molecule has 2 heterocycles. The first-order valence-corrected chi connectivity index (χ1v) is 17.0. The standard InChI is InChI=1S/C32H44N4OS/c1-24-12-13-26(38(2,3)4)22-30(24)34-32(37)33-29-14-15-31(28-11-7-6-10-27(28)29)36-20-16-25(17-21-36)23-35-18-8-5-9-19-35/h6-7,10-15,22,25H,5,8-9,16-21,23H2,1-4H3,(H2,33,34,37). The number of benzene rings is 3. The van der Waals surface area contributed by atoms with E-state index in [1.807, 2.05) is 6.92 Å². The van der Waals surface area contributed by atoms with Gasteiger partial charge in [-0.1, -0.05) is 36.8 Å². The number of carbonyl (C=O) groups excluding carboxylic acids is 1. The van der Waals surface area contributed by atoms with Crippen molar-refractivity contribution in [3.05, 3.63) is 60.2 Å². The molecule has 0 aromatic heterocycles. The van der Waals surface area contributed by atoms with E-state index in [-0.39, 0.29) is 6.03 Å². The molecule has 0 unspecified atom stereocenters. The van der Waals surface area contributed by atoms with Gasteiger partial charge in [-0.3, -0.25) is 0 Å². The molecule has 0 bridgehead atoms. The number of rotatable bonds is 6. The second-order valence-electron chi connectivity index (χ2n) is 11.9. The summed E-state index contributed by atoms with van der Waals surface area (Å²) in [5, 5.41) is 8.52. The lowest BCUT2D eigenvalue weighted by molar-refractivity contribution is 0.181. The monoisotopic (exact) mass is 532 g/mol. The SMILES string of the molecule is Cc1ccc(S(C)(C)C)cc1NC(=O)Nc1ccc(N2CCC(CN3CCCCC3)CC2)c2ccccc12. The third kappa shape index (κ3) is 6.29. The molecule has 0 saturated carbocycles. The molecule has 2 aliphatic rings. The van der Waals surface area contributed by atoms with Gasteiger partial charge in [-0.25, -0.2) is 14.8 Å². The molecule has 0 aliphatic carbocycles. The van der Waals surface area contributed by atoms with Crippen molar-refractivity contribution >= 4 is 43.9 Å². The molecule has 3 aromatic rings. The van der Waals surface area contributed by atoms with Crippen molar-refractivity contribution in [3.8, 4) is 0 Å². The molecule has 6 heteroatoms. The number of piperidine rings is 2. The quantitative estimate of drug-likeness (QED) is 0.345. The van der Waals surface area contributed by atoms with Crippen LogP contribution in [0.5, 0.6) is 0 Å². The van der Waals surface area contributed by atoms with Crippen molar-refractivity contribution in [2.75, 3.05) is 67.0 Å². The highest BCUT2D eigenvalue weighted by Gasteiger charge is 2.24. The number of hydrogen-bond donors (Lipinski definition) is 2. The zero-order chi connectivity index (χ0) is 26.7. The lowest BCUT2D eigenvalue weighted by Gasteiger charge is -2.37. The van der Waals surface area contributed by atoms with E-state index >= 15 is 0 Å². The first kappa shape index (κ1) is 26.9. The van der Waals surface area contributed by atoms with Crippen LogP contribution in [0, 0.1) is 12.8 Å². The molecule has 0 spiro atoms. The van der Waals surface area contributed by atoms with Gasteiger partial charge in [0.15, 0.2) is 0 Å². The second-order valence-corrected chi connectivity index (χ2v) is 16.0. The van der Waals surface area contributed by atoms with Crippen molar-refractivity contribution in [1.82, 2.24) is 4.90 Å². The summed E-state index contributed by atoms with van der Waals surface area (Å²) in [6.45, 7) is 8.08. The van der Waals surface area contributed by atoms with Gasteiger partial charge in [0.1, 0.15) is 0 Å². The minimum absolute atomic E-state index is 0.203. The van der Waals surface area contributed by atoms with Gasteiger partial charge in [0.05, 0.1) is 5.69 Å². The zero-order valence-corrected chi connectivity index (χ0v) is 24.4. The molecule has 2 amide bonds. The summed E-state index contributed by atoms with van der Waals surface area (Å²) in [7, 11) is -0.871. The predicted octanol–water partition coefficient (Wildman–Crippen LogP) is 7.55. The van der Waals surface area contributed by atoms with Gasteiger partial charge in [0.25, 0.3) is 0 Å². The molecular formula is C32H44N4OS. The summed E-state index contributed by atoms with van der Waals surface area (Å²) in [6, 6.07) is 18.9. The van der Waals surface area contributed by atoms with Crippen molar-refractivity contribution in [2.24, 2.45) is 5.92 Å². The van der Waals surface area contributed by atoms with E-state index in [1.165, 1.54) is 67.7 Å². The molecule has 2 N–H and O–H groups in total. The number of aryl methyl sites for hydroxylation is 1. The van der Waals surface area contributed by atoms with E-state index < -0.39 is 10.0 Å². The Morgan fingerprint density at radius 3 is 2.24 bits per heavy atom. The van der Waals surface area contributed by atoms with Crippen LogP contribution in [0.25, 0.3) is 10.8 Å². The summed E-state index contributed by atoms with van der Waals surface area (Å²) in [5.74, 6) is 0.807. The van der Waals surface area contributed by atoms with Crippen LogP contribution in [-0.4, -0.2) is 62.4 Å². The highest BCUT2D eigenvalue weighted by molar-refractivity contribution is 8.32. The number of fused-ring (bicyclic) bond motifs is 1. The maximum Gasteiger partial charge on any atom is 0.323 e. The van der Waals surface area contributed by atoms with Crippen LogP contribution in [0.4, 0.5) is 21.9 Å². The molecule has 38 heavy (non-hydrogen) atoms. The Kier molecular flexibility index (Phi) is 8.20. The Morgan fingerprint density at radius 2 is 1.53 bits per heavy atom. The van der Waals surface area contributed by atoms with Crippen LogP contribution in [0.3, 0.4) is 0 Å². The van der Waals surface area contributed by atoms with Gasteiger partial charge >= 0.3 is 6.03 Å². The van der Waals surface area contributed by atoms with Crippen molar-refractivity contribution in [3.63, 3.8) is 0 Å². The number of nitrogens with one attached hydrogen (secondary N) is 2. The third-order valence-corrected chi connectivity index (χ3v) is 9.90. The smallest absolute Gasteiger partial charge is 0.323 e. The predicted molar refractivity (Wildman–Crippen MR) is 167 cm³/mol. The minimum atomic E-state index is -0.871. The molecule has 0 atom stereocenters. The molecule has 5 rings (SSSR count). The Hall–Kier alpha value is -2.70. The molecular weight excluding hydrogens is 488 g/mol. The van der Waals surface area contributed by atoms with Gasteiger partial charge in [-0.05, 0) is 105 Å². The molecule has 3 aromatic carbocycles. The molecule has 2 fully saturated rings. The molecule has 0 radical (unpaired) electrons. The van der Waals surface area contributed by atoms with E-state index in [0.29, 0.717) is 0 Å². The van der Waals surface area contributed by atoms with Crippen LogP contribution < -0.4 is 15.5 Å². The molecule has 2 aliphatic heterocycles. The first-order valence-electron chi connectivity index (χ1n) is 14.1. The van der Waals surface area contributed by atoms with E-state index in [2.05, 4.69) is 93.8 Å². The molecule has 204 valence electrons. The largest absolute Gasteiger partial charge is 0.371 e. The lowest BCUT2D eigenvalue weighted by Crippen LogP contribution is -2.40. The highest BCUT2D eigenvalue weighted by Crippen LogP contribution is 2.46. The van der Waals surface area contributed by atoms with Crippen molar-refractivity contribution in [2.45, 2.75) is 43.9 Å². The average molecular weight is 533 g/mol. The summed E-state index contributed by atoms with van der Waals surface area (Å²) < 4.78 is 0. The van der Waals surface area contributed by atoms with Crippen molar-refractivity contribution < 1.29 is 4.79 Å². The van der Waals surface area contributed by atoms with Gasteiger partial charge in [-0.15, -0.1) is 0 Å².